The van der Waals surface area contributed by atoms with E-state index < -0.39 is 0 Å². The van der Waals surface area contributed by atoms with Crippen LogP contribution in [0, 0.1) is 0 Å². The van der Waals surface area contributed by atoms with Gasteiger partial charge in [-0.1, -0.05) is 29.3 Å². The average molecular weight is 287 g/mol. The van der Waals surface area contributed by atoms with Gasteiger partial charge in [-0.15, -0.1) is 0 Å². The molecule has 1 aromatic carbocycles. The number of nitrogens with zero attached hydrogens (tertiary/aromatic N) is 1. The van der Waals surface area contributed by atoms with Gasteiger partial charge in [-0.3, -0.25) is 4.79 Å². The van der Waals surface area contributed by atoms with Gasteiger partial charge in [0.2, 0.25) is 5.91 Å². The summed E-state index contributed by atoms with van der Waals surface area (Å²) in [7, 11) is 1.81. The van der Waals surface area contributed by atoms with Crippen LogP contribution in [-0.4, -0.2) is 30.4 Å². The molecule has 0 spiro atoms. The van der Waals surface area contributed by atoms with E-state index in [0.717, 1.165) is 24.9 Å². The van der Waals surface area contributed by atoms with E-state index in [4.69, 9.17) is 23.2 Å². The molecule has 98 valence electrons. The summed E-state index contributed by atoms with van der Waals surface area (Å²) in [4.78, 5) is 13.8. The number of carbonyl (C=O) groups is 1. The number of carbonyl (C=O) groups excluding carboxylic acids is 1. The molecule has 5 heteroatoms. The minimum Gasteiger partial charge on any atom is -0.340 e. The van der Waals surface area contributed by atoms with E-state index in [2.05, 4.69) is 5.32 Å². The third kappa shape index (κ3) is 3.16. The molecular weight excluding hydrogens is 271 g/mol. The summed E-state index contributed by atoms with van der Waals surface area (Å²) >= 11 is 11.8. The summed E-state index contributed by atoms with van der Waals surface area (Å²) in [6, 6.07) is 5.42. The Bertz CT molecular complexity index is 445. The van der Waals surface area contributed by atoms with Crippen molar-refractivity contribution in [3.8, 4) is 0 Å². The van der Waals surface area contributed by atoms with Gasteiger partial charge in [-0.25, -0.2) is 0 Å². The third-order valence-electron chi connectivity index (χ3n) is 3.14. The Morgan fingerprint density at radius 2 is 2.22 bits per heavy atom. The lowest BCUT2D eigenvalue weighted by atomic mass is 10.1. The first kappa shape index (κ1) is 13.7. The van der Waals surface area contributed by atoms with Gasteiger partial charge in [-0.05, 0) is 37.1 Å². The number of nitrogens with one attached hydrogen (secondary N) is 1. The van der Waals surface area contributed by atoms with E-state index in [1.807, 2.05) is 13.1 Å². The minimum absolute atomic E-state index is 0.0298. The number of likely N-dealkylation sites (N-methyl/N-ethyl adjacent to an activating group) is 1. The fraction of sp³-hybridized carbons (Fsp3) is 0.462. The van der Waals surface area contributed by atoms with Crippen molar-refractivity contribution >= 4 is 29.1 Å². The molecule has 1 heterocycles. The zero-order valence-corrected chi connectivity index (χ0v) is 11.8. The van der Waals surface area contributed by atoms with Crippen LogP contribution in [0.3, 0.4) is 0 Å². The van der Waals surface area contributed by atoms with Crippen LogP contribution in [0.4, 0.5) is 0 Å². The predicted octanol–water partition coefficient (Wildman–Crippen LogP) is 2.70. The highest BCUT2D eigenvalue weighted by Crippen LogP contribution is 2.23. The molecule has 0 bridgehead atoms. The molecular formula is C13H16Cl2N2O. The summed E-state index contributed by atoms with van der Waals surface area (Å²) in [5, 5.41) is 4.26. The number of amides is 1. The van der Waals surface area contributed by atoms with Gasteiger partial charge >= 0.3 is 0 Å². The summed E-state index contributed by atoms with van der Waals surface area (Å²) in [6.45, 7) is 1.48. The maximum Gasteiger partial charge on any atom is 0.239 e. The summed E-state index contributed by atoms with van der Waals surface area (Å²) in [6.07, 6.45) is 1.99. The van der Waals surface area contributed by atoms with Crippen LogP contribution in [0.15, 0.2) is 18.2 Å². The Morgan fingerprint density at radius 3 is 2.83 bits per heavy atom. The Kier molecular flexibility index (Phi) is 4.49. The van der Waals surface area contributed by atoms with E-state index in [0.29, 0.717) is 16.6 Å². The SMILES string of the molecule is CN(Cc1ccc(Cl)c(Cl)c1)C(=O)C1CCCN1. The topological polar surface area (TPSA) is 32.3 Å². The highest BCUT2D eigenvalue weighted by atomic mass is 35.5. The maximum atomic E-state index is 12.1. The molecule has 1 fully saturated rings. The van der Waals surface area contributed by atoms with E-state index in [1.165, 1.54) is 0 Å². The highest BCUT2D eigenvalue weighted by Gasteiger charge is 2.24. The lowest BCUT2D eigenvalue weighted by Gasteiger charge is -2.21. The second-order valence-corrected chi connectivity index (χ2v) is 5.41. The van der Waals surface area contributed by atoms with Crippen LogP contribution in [0.5, 0.6) is 0 Å². The van der Waals surface area contributed by atoms with Crippen molar-refractivity contribution in [1.29, 1.82) is 0 Å². The Labute approximate surface area is 117 Å². The van der Waals surface area contributed by atoms with E-state index in [1.54, 1.807) is 17.0 Å². The number of benzene rings is 1. The lowest BCUT2D eigenvalue weighted by molar-refractivity contribution is -0.132. The lowest BCUT2D eigenvalue weighted by Crippen LogP contribution is -2.41. The van der Waals surface area contributed by atoms with Gasteiger partial charge in [0.25, 0.3) is 0 Å². The van der Waals surface area contributed by atoms with Crippen molar-refractivity contribution in [3.63, 3.8) is 0 Å². The first-order chi connectivity index (χ1) is 8.58. The van der Waals surface area contributed by atoms with Gasteiger partial charge in [-0.2, -0.15) is 0 Å². The number of halogens is 2. The number of rotatable bonds is 3. The van der Waals surface area contributed by atoms with Gasteiger partial charge < -0.3 is 10.2 Å². The van der Waals surface area contributed by atoms with Crippen LogP contribution < -0.4 is 5.32 Å². The maximum absolute atomic E-state index is 12.1. The third-order valence-corrected chi connectivity index (χ3v) is 3.88. The zero-order valence-electron chi connectivity index (χ0n) is 10.2. The minimum atomic E-state index is -0.0298. The molecule has 1 saturated heterocycles. The van der Waals surface area contributed by atoms with Crippen LogP contribution in [0.1, 0.15) is 18.4 Å². The molecule has 0 aromatic heterocycles. The second kappa shape index (κ2) is 5.91. The molecule has 18 heavy (non-hydrogen) atoms. The van der Waals surface area contributed by atoms with Crippen molar-refractivity contribution in [2.75, 3.05) is 13.6 Å². The van der Waals surface area contributed by atoms with Crippen molar-refractivity contribution in [1.82, 2.24) is 10.2 Å². The van der Waals surface area contributed by atoms with Crippen molar-refractivity contribution in [2.24, 2.45) is 0 Å². The monoisotopic (exact) mass is 286 g/mol. The van der Waals surface area contributed by atoms with Crippen LogP contribution in [-0.2, 0) is 11.3 Å². The molecule has 0 radical (unpaired) electrons. The highest BCUT2D eigenvalue weighted by molar-refractivity contribution is 6.42. The average Bonchev–Trinajstić information content (AvgIpc) is 2.86. The molecule has 1 aliphatic rings. The van der Waals surface area contributed by atoms with Gasteiger partial charge in [0.05, 0.1) is 16.1 Å². The van der Waals surface area contributed by atoms with Crippen molar-refractivity contribution in [2.45, 2.75) is 25.4 Å². The Hall–Kier alpha value is -0.770. The largest absolute Gasteiger partial charge is 0.340 e. The molecule has 0 aliphatic carbocycles. The molecule has 1 unspecified atom stereocenters. The fourth-order valence-corrected chi connectivity index (χ4v) is 2.47. The van der Waals surface area contributed by atoms with Crippen molar-refractivity contribution < 1.29 is 4.79 Å². The zero-order chi connectivity index (χ0) is 13.1. The predicted molar refractivity (Wildman–Crippen MR) is 74.0 cm³/mol. The van der Waals surface area contributed by atoms with Gasteiger partial charge in [0.15, 0.2) is 0 Å². The molecule has 1 amide bonds. The van der Waals surface area contributed by atoms with Crippen LogP contribution in [0.25, 0.3) is 0 Å². The van der Waals surface area contributed by atoms with E-state index in [9.17, 15) is 4.79 Å². The molecule has 0 saturated carbocycles. The Balaban J connectivity index is 1.99. The number of hydrogen-bond donors (Lipinski definition) is 1. The van der Waals surface area contributed by atoms with Crippen molar-refractivity contribution in [3.05, 3.63) is 33.8 Å². The van der Waals surface area contributed by atoms with Gasteiger partial charge in [0.1, 0.15) is 0 Å². The Morgan fingerprint density at radius 1 is 1.44 bits per heavy atom. The van der Waals surface area contributed by atoms with Crippen LogP contribution >= 0.6 is 23.2 Å². The smallest absolute Gasteiger partial charge is 0.239 e. The first-order valence-corrected chi connectivity index (χ1v) is 6.76. The molecule has 1 N–H and O–H groups in total. The molecule has 1 aliphatic heterocycles. The normalized spacial score (nSPS) is 18.9. The number of hydrogen-bond acceptors (Lipinski definition) is 2. The fourth-order valence-electron chi connectivity index (χ4n) is 2.15. The molecule has 3 nitrogen and oxygen atoms in total. The van der Waals surface area contributed by atoms with E-state index in [-0.39, 0.29) is 11.9 Å². The second-order valence-electron chi connectivity index (χ2n) is 4.59. The van der Waals surface area contributed by atoms with E-state index >= 15 is 0 Å². The summed E-state index contributed by atoms with van der Waals surface area (Å²) in [5.74, 6) is 0.138. The molecule has 1 aromatic rings. The summed E-state index contributed by atoms with van der Waals surface area (Å²) in [5.41, 5.74) is 0.984. The first-order valence-electron chi connectivity index (χ1n) is 6.00. The van der Waals surface area contributed by atoms with Gasteiger partial charge in [0, 0.05) is 13.6 Å². The molecule has 1 atom stereocenters. The van der Waals surface area contributed by atoms with Crippen LogP contribution in [0.2, 0.25) is 10.0 Å². The quantitative estimate of drug-likeness (QED) is 0.927. The standard InChI is InChI=1S/C13H16Cl2N2O/c1-17(13(18)12-3-2-6-16-12)8-9-4-5-10(14)11(15)7-9/h4-5,7,12,16H,2-3,6,8H2,1H3. The molecule has 2 rings (SSSR count). The summed E-state index contributed by atoms with van der Waals surface area (Å²) < 4.78 is 0.